The number of H-pyrrole nitrogens is 1. The number of fused-ring (bicyclic) bond motifs is 3. The van der Waals surface area contributed by atoms with Crippen LogP contribution in [0.1, 0.15) is 18.2 Å². The van der Waals surface area contributed by atoms with Crippen LogP contribution in [0.4, 0.5) is 0 Å². The monoisotopic (exact) mass is 286 g/mol. The van der Waals surface area contributed by atoms with Crippen LogP contribution in [0.5, 0.6) is 5.75 Å². The fourth-order valence-electron chi connectivity index (χ4n) is 2.68. The van der Waals surface area contributed by atoms with Crippen molar-refractivity contribution in [3.05, 3.63) is 35.5 Å². The highest BCUT2D eigenvalue weighted by Gasteiger charge is 2.20. The highest BCUT2D eigenvalue weighted by Crippen LogP contribution is 2.31. The number of methoxy groups -OCH3 is 1. The van der Waals surface area contributed by atoms with Gasteiger partial charge in [-0.2, -0.15) is 0 Å². The summed E-state index contributed by atoms with van der Waals surface area (Å²) in [5.74, 6) is 0.503. The molecule has 2 N–H and O–H groups in total. The number of carbonyl (C=O) groups excluding carboxylic acids is 1. The Labute approximate surface area is 122 Å². The van der Waals surface area contributed by atoms with Gasteiger partial charge in [-0.15, -0.1) is 0 Å². The van der Waals surface area contributed by atoms with E-state index in [1.54, 1.807) is 14.0 Å². The van der Waals surface area contributed by atoms with Gasteiger partial charge < -0.3 is 19.8 Å². The van der Waals surface area contributed by atoms with Gasteiger partial charge in [0.2, 0.25) is 0 Å². The van der Waals surface area contributed by atoms with Gasteiger partial charge in [-0.25, -0.2) is 4.79 Å². The highest BCUT2D eigenvalue weighted by atomic mass is 16.5. The van der Waals surface area contributed by atoms with Crippen molar-refractivity contribution in [2.75, 3.05) is 20.3 Å². The van der Waals surface area contributed by atoms with Gasteiger partial charge in [-0.3, -0.25) is 0 Å². The second kappa shape index (κ2) is 5.52. The fraction of sp³-hybridized carbons (Fsp3) is 0.312. The van der Waals surface area contributed by atoms with Crippen LogP contribution in [-0.4, -0.2) is 31.2 Å². The summed E-state index contributed by atoms with van der Waals surface area (Å²) >= 11 is 0. The SMILES string of the molecule is CCOC(=O)/C=C1\NCCc2c1[nH]c1ccc(OC)cc21. The standard InChI is InChI=1S/C16H18N2O3/c1-3-21-15(19)9-14-16-11(6-7-17-14)12-8-10(20-2)4-5-13(12)18-16/h4-5,8-9,17-18H,3,6-7H2,1-2H3/b14-9-. The fourth-order valence-corrected chi connectivity index (χ4v) is 2.68. The van der Waals surface area contributed by atoms with Crippen LogP contribution in [0.25, 0.3) is 16.6 Å². The van der Waals surface area contributed by atoms with Gasteiger partial charge in [0.15, 0.2) is 0 Å². The molecule has 2 aromatic rings. The molecule has 0 aliphatic carbocycles. The molecule has 0 unspecified atom stereocenters. The Balaban J connectivity index is 2.08. The maximum atomic E-state index is 11.7. The lowest BCUT2D eigenvalue weighted by molar-refractivity contribution is -0.137. The van der Waals surface area contributed by atoms with Gasteiger partial charge in [0.1, 0.15) is 5.75 Å². The molecule has 0 fully saturated rings. The molecular formula is C16H18N2O3. The van der Waals surface area contributed by atoms with Crippen LogP contribution in [0.2, 0.25) is 0 Å². The van der Waals surface area contributed by atoms with Crippen molar-refractivity contribution in [3.63, 3.8) is 0 Å². The minimum Gasteiger partial charge on any atom is -0.497 e. The molecule has 1 aromatic carbocycles. The molecule has 1 aliphatic rings. The van der Waals surface area contributed by atoms with Crippen LogP contribution in [0.15, 0.2) is 24.3 Å². The lowest BCUT2D eigenvalue weighted by Gasteiger charge is -2.17. The van der Waals surface area contributed by atoms with Crippen LogP contribution in [0, 0.1) is 0 Å². The largest absolute Gasteiger partial charge is 0.497 e. The van der Waals surface area contributed by atoms with Gasteiger partial charge in [0.25, 0.3) is 0 Å². The van der Waals surface area contributed by atoms with E-state index in [1.165, 1.54) is 11.6 Å². The molecule has 21 heavy (non-hydrogen) atoms. The molecule has 5 heteroatoms. The van der Waals surface area contributed by atoms with Crippen molar-refractivity contribution >= 4 is 22.6 Å². The Morgan fingerprint density at radius 3 is 3.05 bits per heavy atom. The van der Waals surface area contributed by atoms with Crippen molar-refractivity contribution in [1.29, 1.82) is 0 Å². The van der Waals surface area contributed by atoms with Gasteiger partial charge >= 0.3 is 5.97 Å². The molecule has 0 radical (unpaired) electrons. The quantitative estimate of drug-likeness (QED) is 0.671. The van der Waals surface area contributed by atoms with E-state index in [-0.39, 0.29) is 5.97 Å². The Bertz CT molecular complexity index is 716. The van der Waals surface area contributed by atoms with E-state index >= 15 is 0 Å². The summed E-state index contributed by atoms with van der Waals surface area (Å²) in [6.45, 7) is 2.97. The van der Waals surface area contributed by atoms with Crippen molar-refractivity contribution in [2.24, 2.45) is 0 Å². The van der Waals surface area contributed by atoms with Gasteiger partial charge in [-0.05, 0) is 37.1 Å². The van der Waals surface area contributed by atoms with E-state index in [4.69, 9.17) is 9.47 Å². The van der Waals surface area contributed by atoms with E-state index in [1.807, 2.05) is 18.2 Å². The molecule has 5 nitrogen and oxygen atoms in total. The van der Waals surface area contributed by atoms with Gasteiger partial charge in [-0.1, -0.05) is 0 Å². The number of hydrogen-bond donors (Lipinski definition) is 2. The van der Waals surface area contributed by atoms with Crippen molar-refractivity contribution in [3.8, 4) is 5.75 Å². The lowest BCUT2D eigenvalue weighted by atomic mass is 10.0. The summed E-state index contributed by atoms with van der Waals surface area (Å²) in [4.78, 5) is 15.0. The number of benzene rings is 1. The smallest absolute Gasteiger partial charge is 0.332 e. The van der Waals surface area contributed by atoms with E-state index in [0.717, 1.165) is 41.0 Å². The van der Waals surface area contributed by atoms with E-state index in [2.05, 4.69) is 10.3 Å². The lowest BCUT2D eigenvalue weighted by Crippen LogP contribution is -2.23. The first-order valence-electron chi connectivity index (χ1n) is 7.04. The predicted molar refractivity (Wildman–Crippen MR) is 81.2 cm³/mol. The molecule has 3 rings (SSSR count). The summed E-state index contributed by atoms with van der Waals surface area (Å²) in [5.41, 5.74) is 3.99. The molecule has 0 amide bonds. The average Bonchev–Trinajstić information content (AvgIpc) is 2.86. The first kappa shape index (κ1) is 13.5. The number of ether oxygens (including phenoxy) is 2. The summed E-state index contributed by atoms with van der Waals surface area (Å²) in [6.07, 6.45) is 2.41. The normalized spacial score (nSPS) is 15.6. The van der Waals surface area contributed by atoms with Crippen LogP contribution in [-0.2, 0) is 16.0 Å². The molecular weight excluding hydrogens is 268 g/mol. The Morgan fingerprint density at radius 2 is 2.29 bits per heavy atom. The zero-order valence-corrected chi connectivity index (χ0v) is 12.2. The van der Waals surface area contributed by atoms with Gasteiger partial charge in [0, 0.05) is 23.5 Å². The van der Waals surface area contributed by atoms with E-state index < -0.39 is 0 Å². The Hall–Kier alpha value is -2.43. The van der Waals surface area contributed by atoms with E-state index in [0.29, 0.717) is 6.61 Å². The molecule has 2 heterocycles. The third kappa shape index (κ3) is 2.46. The minimum atomic E-state index is -0.330. The topological polar surface area (TPSA) is 63.3 Å². The molecule has 0 spiro atoms. The molecule has 1 aliphatic heterocycles. The van der Waals surface area contributed by atoms with Crippen molar-refractivity contribution in [2.45, 2.75) is 13.3 Å². The van der Waals surface area contributed by atoms with E-state index in [9.17, 15) is 4.79 Å². The summed E-state index contributed by atoms with van der Waals surface area (Å²) in [6, 6.07) is 5.94. The molecule has 0 atom stereocenters. The third-order valence-electron chi connectivity index (χ3n) is 3.62. The highest BCUT2D eigenvalue weighted by molar-refractivity contribution is 5.96. The maximum Gasteiger partial charge on any atom is 0.332 e. The number of rotatable bonds is 3. The summed E-state index contributed by atoms with van der Waals surface area (Å²) in [5, 5.41) is 4.39. The number of esters is 1. The molecule has 0 saturated carbocycles. The van der Waals surface area contributed by atoms with Crippen LogP contribution >= 0.6 is 0 Å². The number of carbonyl (C=O) groups is 1. The molecule has 1 aromatic heterocycles. The van der Waals surface area contributed by atoms with Crippen LogP contribution in [0.3, 0.4) is 0 Å². The second-order valence-corrected chi connectivity index (χ2v) is 4.88. The zero-order chi connectivity index (χ0) is 14.8. The molecule has 0 saturated heterocycles. The third-order valence-corrected chi connectivity index (χ3v) is 3.62. The Kier molecular flexibility index (Phi) is 3.56. The van der Waals surface area contributed by atoms with Crippen molar-refractivity contribution in [1.82, 2.24) is 10.3 Å². The number of nitrogens with one attached hydrogen (secondary N) is 2. The zero-order valence-electron chi connectivity index (χ0n) is 12.2. The number of hydrogen-bond acceptors (Lipinski definition) is 4. The first-order chi connectivity index (χ1) is 10.2. The van der Waals surface area contributed by atoms with Crippen molar-refractivity contribution < 1.29 is 14.3 Å². The Morgan fingerprint density at radius 1 is 1.43 bits per heavy atom. The first-order valence-corrected chi connectivity index (χ1v) is 7.04. The van der Waals surface area contributed by atoms with Gasteiger partial charge in [0.05, 0.1) is 25.1 Å². The number of aromatic amines is 1. The average molecular weight is 286 g/mol. The number of aromatic nitrogens is 1. The summed E-state index contributed by atoms with van der Waals surface area (Å²) in [7, 11) is 1.66. The predicted octanol–water partition coefficient (Wildman–Crippen LogP) is 2.23. The minimum absolute atomic E-state index is 0.330. The molecule has 0 bridgehead atoms. The second-order valence-electron chi connectivity index (χ2n) is 4.88. The summed E-state index contributed by atoms with van der Waals surface area (Å²) < 4.78 is 10.3. The molecule has 110 valence electrons. The van der Waals surface area contributed by atoms with Crippen LogP contribution < -0.4 is 10.1 Å². The maximum absolute atomic E-state index is 11.7.